The van der Waals surface area contributed by atoms with E-state index in [1.54, 1.807) is 4.46 Å². The Morgan fingerprint density at radius 1 is 0.333 bits per heavy atom. The molecule has 0 atom stereocenters. The van der Waals surface area contributed by atoms with Gasteiger partial charge in [-0.05, 0) is 0 Å². The second kappa shape index (κ2) is 9.58. The monoisotopic (exact) mass is 546 g/mol. The zero-order valence-electron chi connectivity index (χ0n) is 14.6. The average molecular weight is 543 g/mol. The maximum atomic E-state index is 2.34. The van der Waals surface area contributed by atoms with E-state index in [1.807, 2.05) is 0 Å². The number of rotatable bonds is 6. The van der Waals surface area contributed by atoms with E-state index in [0.717, 1.165) is 0 Å². The molecule has 0 aliphatic rings. The van der Waals surface area contributed by atoms with Gasteiger partial charge in [-0.3, -0.25) is 0 Å². The Morgan fingerprint density at radius 3 is 1.11 bits per heavy atom. The average Bonchev–Trinajstić information content (AvgIpc) is 2.73. The van der Waals surface area contributed by atoms with Gasteiger partial charge in [0, 0.05) is 0 Å². The quantitative estimate of drug-likeness (QED) is 0.314. The molecule has 0 amide bonds. The molecule has 0 aromatic heterocycles. The summed E-state index contributed by atoms with van der Waals surface area (Å²) in [6.07, 6.45) is 0. The van der Waals surface area contributed by atoms with Crippen LogP contribution in [0.5, 0.6) is 0 Å². The van der Waals surface area contributed by atoms with Gasteiger partial charge in [0.15, 0.2) is 0 Å². The standard InChI is InChI=1S/C24H18Se3/c1-4-11-19(12-5-1)25-22-17-10-18-23(26-20-13-6-2-7-14-20)24(22)27-21-15-8-3-9-16-21/h1-18H. The Morgan fingerprint density at radius 2 is 0.704 bits per heavy atom. The van der Waals surface area contributed by atoms with Crippen molar-refractivity contribution < 1.29 is 0 Å². The predicted octanol–water partition coefficient (Wildman–Crippen LogP) is 0.652. The van der Waals surface area contributed by atoms with E-state index in [0.29, 0.717) is 44.9 Å². The number of benzene rings is 4. The Labute approximate surface area is 179 Å². The summed E-state index contributed by atoms with van der Waals surface area (Å²) >= 11 is 1.02. The molecule has 0 bridgehead atoms. The molecule has 0 nitrogen and oxygen atoms in total. The Kier molecular flexibility index (Phi) is 6.66. The summed E-state index contributed by atoms with van der Waals surface area (Å²) in [5, 5.41) is 0. The Balaban J connectivity index is 1.72. The number of hydrogen-bond donors (Lipinski definition) is 0. The summed E-state index contributed by atoms with van der Waals surface area (Å²) in [7, 11) is 0. The fraction of sp³-hybridized carbons (Fsp3) is 0. The molecular weight excluding hydrogens is 525 g/mol. The van der Waals surface area contributed by atoms with Gasteiger partial charge in [-0.15, -0.1) is 0 Å². The van der Waals surface area contributed by atoms with Gasteiger partial charge in [0.25, 0.3) is 0 Å². The molecule has 0 radical (unpaired) electrons. The molecule has 27 heavy (non-hydrogen) atoms. The van der Waals surface area contributed by atoms with Crippen LogP contribution in [0.25, 0.3) is 0 Å². The fourth-order valence-corrected chi connectivity index (χ4v) is 10.3. The fourth-order valence-electron chi connectivity index (χ4n) is 2.59. The second-order valence-corrected chi connectivity index (χ2v) is 12.8. The van der Waals surface area contributed by atoms with Gasteiger partial charge >= 0.3 is 181 Å². The summed E-state index contributed by atoms with van der Waals surface area (Å²) < 4.78 is 9.00. The zero-order valence-corrected chi connectivity index (χ0v) is 19.8. The van der Waals surface area contributed by atoms with Gasteiger partial charge in [0.1, 0.15) is 0 Å². The third-order valence-corrected chi connectivity index (χ3v) is 12.1. The molecular formula is C24H18Se3. The van der Waals surface area contributed by atoms with E-state index >= 15 is 0 Å². The molecule has 0 saturated heterocycles. The third-order valence-electron chi connectivity index (χ3n) is 3.85. The van der Waals surface area contributed by atoms with E-state index in [9.17, 15) is 0 Å². The van der Waals surface area contributed by atoms with Gasteiger partial charge < -0.3 is 0 Å². The van der Waals surface area contributed by atoms with E-state index in [1.165, 1.54) is 22.3 Å². The van der Waals surface area contributed by atoms with Crippen molar-refractivity contribution in [1.82, 2.24) is 0 Å². The number of hydrogen-bond acceptors (Lipinski definition) is 0. The van der Waals surface area contributed by atoms with Gasteiger partial charge in [-0.2, -0.15) is 0 Å². The summed E-state index contributed by atoms with van der Waals surface area (Å²) in [6.45, 7) is 0. The summed E-state index contributed by atoms with van der Waals surface area (Å²) in [5.41, 5.74) is 0. The molecule has 3 heteroatoms. The Hall–Kier alpha value is -1.56. The van der Waals surface area contributed by atoms with Crippen molar-refractivity contribution in [3.63, 3.8) is 0 Å². The third kappa shape index (κ3) is 5.24. The van der Waals surface area contributed by atoms with Gasteiger partial charge in [-0.25, -0.2) is 0 Å². The van der Waals surface area contributed by atoms with Crippen LogP contribution in [-0.4, -0.2) is 44.9 Å². The van der Waals surface area contributed by atoms with Crippen molar-refractivity contribution in [1.29, 1.82) is 0 Å². The van der Waals surface area contributed by atoms with E-state index < -0.39 is 0 Å². The molecule has 4 aromatic carbocycles. The SMILES string of the molecule is c1ccc([Se]c2cccc([Se]c3ccccc3)c2[Se]c2ccccc2)cc1. The van der Waals surface area contributed by atoms with Crippen LogP contribution < -0.4 is 26.8 Å². The van der Waals surface area contributed by atoms with E-state index in [2.05, 4.69) is 109 Å². The van der Waals surface area contributed by atoms with Crippen LogP contribution >= 0.6 is 0 Å². The molecule has 0 aliphatic heterocycles. The normalized spacial score (nSPS) is 10.7. The molecule has 0 fully saturated rings. The van der Waals surface area contributed by atoms with Crippen molar-refractivity contribution in [2.75, 3.05) is 0 Å². The first-order valence-corrected chi connectivity index (χ1v) is 13.8. The van der Waals surface area contributed by atoms with Crippen molar-refractivity contribution in [2.24, 2.45) is 0 Å². The molecule has 0 unspecified atom stereocenters. The minimum absolute atomic E-state index is 0.334. The topological polar surface area (TPSA) is 0 Å². The Bertz CT molecular complexity index is 924. The summed E-state index contributed by atoms with van der Waals surface area (Å²) in [5.74, 6) is 0. The molecule has 0 heterocycles. The molecule has 132 valence electrons. The summed E-state index contributed by atoms with van der Waals surface area (Å²) in [6, 6.07) is 39.7. The van der Waals surface area contributed by atoms with Crippen LogP contribution in [-0.2, 0) is 0 Å². The molecule has 4 aromatic rings. The first kappa shape index (κ1) is 18.8. The van der Waals surface area contributed by atoms with E-state index in [-0.39, 0.29) is 0 Å². The van der Waals surface area contributed by atoms with Crippen LogP contribution in [0.1, 0.15) is 0 Å². The maximum absolute atomic E-state index is 2.34. The van der Waals surface area contributed by atoms with Crippen LogP contribution in [0.2, 0.25) is 0 Å². The summed E-state index contributed by atoms with van der Waals surface area (Å²) in [4.78, 5) is 0. The molecule has 0 N–H and O–H groups in total. The first-order chi connectivity index (χ1) is 13.4. The zero-order chi connectivity index (χ0) is 18.3. The van der Waals surface area contributed by atoms with Crippen LogP contribution in [0.15, 0.2) is 109 Å². The van der Waals surface area contributed by atoms with E-state index in [4.69, 9.17) is 0 Å². The second-order valence-electron chi connectivity index (χ2n) is 5.83. The molecule has 0 saturated carbocycles. The van der Waals surface area contributed by atoms with Crippen LogP contribution in [0.4, 0.5) is 0 Å². The first-order valence-electron chi connectivity index (χ1n) is 8.70. The molecule has 0 spiro atoms. The van der Waals surface area contributed by atoms with Gasteiger partial charge in [-0.1, -0.05) is 0 Å². The van der Waals surface area contributed by atoms with Crippen LogP contribution in [0.3, 0.4) is 0 Å². The molecule has 0 aliphatic carbocycles. The van der Waals surface area contributed by atoms with Crippen molar-refractivity contribution in [3.05, 3.63) is 109 Å². The van der Waals surface area contributed by atoms with Crippen molar-refractivity contribution in [2.45, 2.75) is 0 Å². The van der Waals surface area contributed by atoms with Crippen molar-refractivity contribution in [3.8, 4) is 0 Å². The van der Waals surface area contributed by atoms with Crippen LogP contribution in [0, 0.1) is 0 Å². The van der Waals surface area contributed by atoms with Gasteiger partial charge in [0.2, 0.25) is 0 Å². The van der Waals surface area contributed by atoms with Gasteiger partial charge in [0.05, 0.1) is 0 Å². The van der Waals surface area contributed by atoms with Crippen molar-refractivity contribution >= 4 is 71.6 Å². The molecule has 4 rings (SSSR count). The predicted molar refractivity (Wildman–Crippen MR) is 121 cm³/mol. The minimum atomic E-state index is 0.334.